The predicted octanol–water partition coefficient (Wildman–Crippen LogP) is 3.80. The molecule has 1 heterocycles. The van der Waals surface area contributed by atoms with Crippen molar-refractivity contribution >= 4 is 17.7 Å². The normalized spacial score (nSPS) is 21.4. The van der Waals surface area contributed by atoms with Crippen LogP contribution in [-0.4, -0.2) is 35.1 Å². The number of hydrogen-bond acceptors (Lipinski definition) is 2. The van der Waals surface area contributed by atoms with Gasteiger partial charge < -0.3 is 9.64 Å². The van der Waals surface area contributed by atoms with E-state index in [0.29, 0.717) is 11.9 Å². The lowest BCUT2D eigenvalue weighted by molar-refractivity contribution is 0.00883. The second kappa shape index (κ2) is 6.48. The third-order valence-corrected chi connectivity index (χ3v) is 3.19. The number of carbonyl (C=O) groups is 1. The van der Waals surface area contributed by atoms with Gasteiger partial charge in [0.1, 0.15) is 5.60 Å². The third kappa shape index (κ3) is 5.15. The molecule has 1 amide bonds. The molecule has 0 aromatic heterocycles. The highest BCUT2D eigenvalue weighted by Gasteiger charge is 2.29. The zero-order chi connectivity index (χ0) is 12.9. The lowest BCUT2D eigenvalue weighted by atomic mass is 9.99. The molecule has 0 radical (unpaired) electrons. The zero-order valence-corrected chi connectivity index (χ0v) is 11.9. The number of likely N-dealkylation sites (tertiary alicyclic amines) is 1. The van der Waals surface area contributed by atoms with E-state index in [9.17, 15) is 4.79 Å². The van der Waals surface area contributed by atoms with Gasteiger partial charge in [0.15, 0.2) is 0 Å². The van der Waals surface area contributed by atoms with Crippen molar-refractivity contribution in [1.82, 2.24) is 4.90 Å². The molecule has 0 aromatic rings. The van der Waals surface area contributed by atoms with E-state index in [0.717, 1.165) is 32.2 Å². The Morgan fingerprint density at radius 3 is 2.71 bits per heavy atom. The van der Waals surface area contributed by atoms with Crippen molar-refractivity contribution in [2.24, 2.45) is 0 Å². The number of halogens is 1. The van der Waals surface area contributed by atoms with Crippen molar-refractivity contribution in [3.8, 4) is 0 Å². The Morgan fingerprint density at radius 1 is 1.41 bits per heavy atom. The third-order valence-electron chi connectivity index (χ3n) is 2.93. The van der Waals surface area contributed by atoms with Crippen molar-refractivity contribution in [3.63, 3.8) is 0 Å². The van der Waals surface area contributed by atoms with E-state index in [-0.39, 0.29) is 6.09 Å². The number of amides is 1. The summed E-state index contributed by atoms with van der Waals surface area (Å²) in [6.07, 6.45) is 5.14. The number of nitrogens with zero attached hydrogens (tertiary/aromatic N) is 1. The van der Waals surface area contributed by atoms with Crippen molar-refractivity contribution in [2.75, 3.05) is 12.4 Å². The number of piperidine rings is 1. The second-order valence-corrected chi connectivity index (χ2v) is 6.03. The fraction of sp³-hybridized carbons (Fsp3) is 0.923. The van der Waals surface area contributed by atoms with Gasteiger partial charge in [-0.3, -0.25) is 0 Å². The van der Waals surface area contributed by atoms with Crippen molar-refractivity contribution in [3.05, 3.63) is 0 Å². The summed E-state index contributed by atoms with van der Waals surface area (Å²) in [6, 6.07) is 0.317. The Labute approximate surface area is 109 Å². The lowest BCUT2D eigenvalue weighted by Crippen LogP contribution is -2.46. The Bertz CT molecular complexity index is 250. The van der Waals surface area contributed by atoms with E-state index in [1.54, 1.807) is 0 Å². The summed E-state index contributed by atoms with van der Waals surface area (Å²) in [4.78, 5) is 13.9. The van der Waals surface area contributed by atoms with Crippen LogP contribution in [0.5, 0.6) is 0 Å². The smallest absolute Gasteiger partial charge is 0.410 e. The van der Waals surface area contributed by atoms with Crippen LogP contribution in [0.4, 0.5) is 4.79 Å². The van der Waals surface area contributed by atoms with Gasteiger partial charge in [-0.2, -0.15) is 0 Å². The minimum Gasteiger partial charge on any atom is -0.444 e. The highest BCUT2D eigenvalue weighted by molar-refractivity contribution is 6.17. The van der Waals surface area contributed by atoms with Gasteiger partial charge in [-0.25, -0.2) is 4.79 Å². The molecule has 4 heteroatoms. The average Bonchev–Trinajstić information content (AvgIpc) is 2.24. The molecule has 17 heavy (non-hydrogen) atoms. The first-order valence-electron chi connectivity index (χ1n) is 6.49. The standard InChI is InChI=1S/C13H24ClNO2/c1-13(2,3)17-12(16)15-10-5-4-7-11(15)8-6-9-14/h11H,4-10H2,1-3H3/t11-/m0/s1. The topological polar surface area (TPSA) is 29.5 Å². The second-order valence-electron chi connectivity index (χ2n) is 5.65. The molecule has 1 rings (SSSR count). The summed E-state index contributed by atoms with van der Waals surface area (Å²) in [7, 11) is 0. The van der Waals surface area contributed by atoms with Gasteiger partial charge in [0.2, 0.25) is 0 Å². The maximum atomic E-state index is 12.1. The summed E-state index contributed by atoms with van der Waals surface area (Å²) < 4.78 is 5.44. The van der Waals surface area contributed by atoms with Gasteiger partial charge in [-0.15, -0.1) is 11.6 Å². The summed E-state index contributed by atoms with van der Waals surface area (Å²) in [6.45, 7) is 6.54. The molecule has 1 atom stereocenters. The van der Waals surface area contributed by atoms with Gasteiger partial charge in [0, 0.05) is 18.5 Å². The number of ether oxygens (including phenoxy) is 1. The van der Waals surface area contributed by atoms with Crippen molar-refractivity contribution in [2.45, 2.75) is 64.5 Å². The summed E-state index contributed by atoms with van der Waals surface area (Å²) in [5.74, 6) is 0.665. The minimum atomic E-state index is -0.411. The van der Waals surface area contributed by atoms with E-state index in [1.165, 1.54) is 6.42 Å². The van der Waals surface area contributed by atoms with Crippen LogP contribution in [0.2, 0.25) is 0 Å². The SMILES string of the molecule is CC(C)(C)OC(=O)N1CCCC[C@H]1CCCCl. The summed E-state index contributed by atoms with van der Waals surface area (Å²) in [5, 5.41) is 0. The Kier molecular flexibility index (Phi) is 5.57. The molecule has 0 unspecified atom stereocenters. The molecule has 1 aliphatic heterocycles. The van der Waals surface area contributed by atoms with Crippen LogP contribution in [0, 0.1) is 0 Å². The maximum Gasteiger partial charge on any atom is 0.410 e. The van der Waals surface area contributed by atoms with Gasteiger partial charge in [-0.1, -0.05) is 0 Å². The van der Waals surface area contributed by atoms with Crippen LogP contribution in [0.3, 0.4) is 0 Å². The number of carbonyl (C=O) groups excluding carboxylic acids is 1. The fourth-order valence-corrected chi connectivity index (χ4v) is 2.33. The lowest BCUT2D eigenvalue weighted by Gasteiger charge is -2.36. The average molecular weight is 262 g/mol. The van der Waals surface area contributed by atoms with E-state index in [1.807, 2.05) is 25.7 Å². The molecule has 0 saturated carbocycles. The van der Waals surface area contributed by atoms with Gasteiger partial charge >= 0.3 is 6.09 Å². The van der Waals surface area contributed by atoms with Crippen LogP contribution >= 0.6 is 11.6 Å². The van der Waals surface area contributed by atoms with Crippen LogP contribution in [0.15, 0.2) is 0 Å². The molecule has 100 valence electrons. The molecular weight excluding hydrogens is 238 g/mol. The zero-order valence-electron chi connectivity index (χ0n) is 11.2. The molecule has 0 aromatic carbocycles. The Hall–Kier alpha value is -0.440. The highest BCUT2D eigenvalue weighted by atomic mass is 35.5. The van der Waals surface area contributed by atoms with Gasteiger partial charge in [-0.05, 0) is 52.9 Å². The van der Waals surface area contributed by atoms with E-state index in [2.05, 4.69) is 0 Å². The monoisotopic (exact) mass is 261 g/mol. The van der Waals surface area contributed by atoms with Crippen LogP contribution in [0.25, 0.3) is 0 Å². The first-order chi connectivity index (χ1) is 7.94. The predicted molar refractivity (Wildman–Crippen MR) is 70.5 cm³/mol. The molecular formula is C13H24ClNO2. The molecule has 1 aliphatic rings. The summed E-state index contributed by atoms with van der Waals surface area (Å²) >= 11 is 5.72. The Morgan fingerprint density at radius 2 is 2.12 bits per heavy atom. The molecule has 0 aliphatic carbocycles. The quantitative estimate of drug-likeness (QED) is 0.724. The number of rotatable bonds is 3. The first kappa shape index (κ1) is 14.6. The molecule has 3 nitrogen and oxygen atoms in total. The van der Waals surface area contributed by atoms with Crippen LogP contribution < -0.4 is 0 Å². The molecule has 1 saturated heterocycles. The summed E-state index contributed by atoms with van der Waals surface area (Å²) in [5.41, 5.74) is -0.411. The van der Waals surface area contributed by atoms with E-state index < -0.39 is 5.60 Å². The minimum absolute atomic E-state index is 0.170. The van der Waals surface area contributed by atoms with Crippen LogP contribution in [-0.2, 0) is 4.74 Å². The first-order valence-corrected chi connectivity index (χ1v) is 7.03. The highest BCUT2D eigenvalue weighted by Crippen LogP contribution is 2.23. The van der Waals surface area contributed by atoms with Crippen molar-refractivity contribution < 1.29 is 9.53 Å². The van der Waals surface area contributed by atoms with E-state index in [4.69, 9.17) is 16.3 Å². The number of hydrogen-bond donors (Lipinski definition) is 0. The van der Waals surface area contributed by atoms with Crippen molar-refractivity contribution in [1.29, 1.82) is 0 Å². The Balaban J connectivity index is 2.54. The maximum absolute atomic E-state index is 12.1. The van der Waals surface area contributed by atoms with Gasteiger partial charge in [0.25, 0.3) is 0 Å². The number of alkyl halides is 1. The molecule has 1 fully saturated rings. The van der Waals surface area contributed by atoms with Gasteiger partial charge in [0.05, 0.1) is 0 Å². The molecule has 0 N–H and O–H groups in total. The largest absolute Gasteiger partial charge is 0.444 e. The van der Waals surface area contributed by atoms with Crippen LogP contribution in [0.1, 0.15) is 52.9 Å². The molecule has 0 spiro atoms. The fourth-order valence-electron chi connectivity index (χ4n) is 2.17. The van der Waals surface area contributed by atoms with E-state index >= 15 is 0 Å². The molecule has 0 bridgehead atoms.